The molecule has 2 aromatic rings. The Morgan fingerprint density at radius 1 is 1.43 bits per heavy atom. The van der Waals surface area contributed by atoms with E-state index in [1.165, 1.54) is 5.56 Å². The first-order valence-corrected chi connectivity index (χ1v) is 7.65. The van der Waals surface area contributed by atoms with Crippen molar-refractivity contribution in [2.24, 2.45) is 0 Å². The second kappa shape index (κ2) is 5.90. The number of hydrogen-bond acceptors (Lipinski definition) is 3. The molecule has 4 nitrogen and oxygen atoms in total. The summed E-state index contributed by atoms with van der Waals surface area (Å²) >= 11 is 0. The first-order valence-electron chi connectivity index (χ1n) is 7.65. The molecule has 1 aliphatic carbocycles. The zero-order valence-corrected chi connectivity index (χ0v) is 12.6. The molecule has 1 N–H and O–H groups in total. The normalized spacial score (nSPS) is 18.5. The van der Waals surface area contributed by atoms with Crippen molar-refractivity contribution >= 4 is 0 Å². The highest BCUT2D eigenvalue weighted by Gasteiger charge is 2.20. The van der Waals surface area contributed by atoms with E-state index in [2.05, 4.69) is 18.9 Å². The van der Waals surface area contributed by atoms with Gasteiger partial charge in [0, 0.05) is 12.2 Å². The first kappa shape index (κ1) is 14.1. The molecule has 1 heterocycles. The Morgan fingerprint density at radius 2 is 2.29 bits per heavy atom. The molecule has 3 rings (SSSR count). The lowest BCUT2D eigenvalue weighted by Gasteiger charge is -2.09. The molecule has 0 aliphatic heterocycles. The molecular weight excluding hydrogens is 264 g/mol. The maximum absolute atomic E-state index is 9.80. The Kier molecular flexibility index (Phi) is 3.97. The number of nitrogens with zero attached hydrogens (tertiary/aromatic N) is 2. The number of aryl methyl sites for hydroxylation is 1. The number of hydrogen-bond donors (Lipinski definition) is 1. The van der Waals surface area contributed by atoms with Crippen LogP contribution in [-0.4, -0.2) is 14.9 Å². The van der Waals surface area contributed by atoms with Gasteiger partial charge in [0.15, 0.2) is 0 Å². The number of aliphatic hydroxyl groups is 1. The fraction of sp³-hybridized carbons (Fsp3) is 0.471. The van der Waals surface area contributed by atoms with E-state index in [1.54, 1.807) is 0 Å². The molecule has 0 saturated carbocycles. The Balaban J connectivity index is 1.64. The molecule has 0 amide bonds. The van der Waals surface area contributed by atoms with E-state index in [9.17, 15) is 5.11 Å². The number of aromatic nitrogens is 2. The smallest absolute Gasteiger partial charge is 0.132 e. The maximum Gasteiger partial charge on any atom is 0.132 e. The van der Waals surface area contributed by atoms with Crippen LogP contribution in [0.5, 0.6) is 5.75 Å². The molecule has 21 heavy (non-hydrogen) atoms. The fourth-order valence-corrected chi connectivity index (χ4v) is 2.71. The largest absolute Gasteiger partial charge is 0.487 e. The molecule has 1 unspecified atom stereocenters. The van der Waals surface area contributed by atoms with Gasteiger partial charge in [-0.25, -0.2) is 0 Å². The Morgan fingerprint density at radius 3 is 3.10 bits per heavy atom. The number of rotatable bonds is 5. The van der Waals surface area contributed by atoms with E-state index in [-0.39, 0.29) is 6.10 Å². The Labute approximate surface area is 125 Å². The summed E-state index contributed by atoms with van der Waals surface area (Å²) in [6, 6.07) is 8.36. The van der Waals surface area contributed by atoms with Crippen molar-refractivity contribution in [2.45, 2.75) is 51.9 Å². The monoisotopic (exact) mass is 286 g/mol. The van der Waals surface area contributed by atoms with Crippen molar-refractivity contribution in [2.75, 3.05) is 0 Å². The summed E-state index contributed by atoms with van der Waals surface area (Å²) in [5.74, 6) is 0.848. The third-order valence-corrected chi connectivity index (χ3v) is 4.25. The Bertz CT molecular complexity index is 621. The fourth-order valence-electron chi connectivity index (χ4n) is 2.71. The van der Waals surface area contributed by atoms with Crippen LogP contribution < -0.4 is 4.74 Å². The van der Waals surface area contributed by atoms with Gasteiger partial charge in [-0.1, -0.05) is 13.0 Å². The molecule has 1 aliphatic rings. The molecule has 112 valence electrons. The van der Waals surface area contributed by atoms with Crippen molar-refractivity contribution < 1.29 is 9.84 Å². The second-order valence-corrected chi connectivity index (χ2v) is 5.75. The molecule has 0 saturated heterocycles. The van der Waals surface area contributed by atoms with Crippen LogP contribution in [0.2, 0.25) is 0 Å². The van der Waals surface area contributed by atoms with Crippen molar-refractivity contribution in [1.82, 2.24) is 9.78 Å². The van der Waals surface area contributed by atoms with Crippen molar-refractivity contribution in [3.63, 3.8) is 0 Å². The van der Waals surface area contributed by atoms with Crippen molar-refractivity contribution in [3.8, 4) is 5.75 Å². The van der Waals surface area contributed by atoms with Crippen molar-refractivity contribution in [1.29, 1.82) is 0 Å². The van der Waals surface area contributed by atoms with Gasteiger partial charge in [-0.15, -0.1) is 0 Å². The van der Waals surface area contributed by atoms with Gasteiger partial charge in [-0.05, 0) is 55.5 Å². The highest BCUT2D eigenvalue weighted by atomic mass is 16.5. The first-order chi connectivity index (χ1) is 10.2. The third kappa shape index (κ3) is 2.95. The lowest BCUT2D eigenvalue weighted by atomic mass is 10.1. The van der Waals surface area contributed by atoms with Crippen molar-refractivity contribution in [3.05, 3.63) is 47.3 Å². The van der Waals surface area contributed by atoms with Gasteiger partial charge in [0.1, 0.15) is 12.4 Å². The SMILES string of the molecule is CCC(C)n1ccc(COc2ccc3c(c2)CC[C@@H]3O)n1. The molecule has 1 aromatic heterocycles. The average molecular weight is 286 g/mol. The van der Waals surface area contributed by atoms with E-state index in [0.29, 0.717) is 12.6 Å². The molecule has 1 aromatic carbocycles. The second-order valence-electron chi connectivity index (χ2n) is 5.75. The van der Waals surface area contributed by atoms with Gasteiger partial charge in [0.25, 0.3) is 0 Å². The summed E-state index contributed by atoms with van der Waals surface area (Å²) in [5.41, 5.74) is 3.18. The maximum atomic E-state index is 9.80. The lowest BCUT2D eigenvalue weighted by molar-refractivity contribution is 0.180. The van der Waals surface area contributed by atoms with Crippen LogP contribution in [-0.2, 0) is 13.0 Å². The summed E-state index contributed by atoms with van der Waals surface area (Å²) in [5, 5.41) is 14.3. The highest BCUT2D eigenvalue weighted by Crippen LogP contribution is 2.33. The van der Waals surface area contributed by atoms with Gasteiger partial charge in [-0.3, -0.25) is 4.68 Å². The minimum Gasteiger partial charge on any atom is -0.487 e. The predicted octanol–water partition coefficient (Wildman–Crippen LogP) is 3.41. The number of fused-ring (bicyclic) bond motifs is 1. The predicted molar refractivity (Wildman–Crippen MR) is 81.3 cm³/mol. The van der Waals surface area contributed by atoms with E-state index < -0.39 is 0 Å². The van der Waals surface area contributed by atoms with Gasteiger partial charge in [-0.2, -0.15) is 5.10 Å². The third-order valence-electron chi connectivity index (χ3n) is 4.25. The topological polar surface area (TPSA) is 47.3 Å². The zero-order chi connectivity index (χ0) is 14.8. The van der Waals surface area contributed by atoms with Crippen LogP contribution in [0, 0.1) is 0 Å². The molecule has 0 bridgehead atoms. The van der Waals surface area contributed by atoms with Crippen LogP contribution in [0.4, 0.5) is 0 Å². The zero-order valence-electron chi connectivity index (χ0n) is 12.6. The highest BCUT2D eigenvalue weighted by molar-refractivity contribution is 5.39. The summed E-state index contributed by atoms with van der Waals surface area (Å²) < 4.78 is 7.81. The molecular formula is C17H22N2O2. The van der Waals surface area contributed by atoms with Gasteiger partial charge in [0.2, 0.25) is 0 Å². The quantitative estimate of drug-likeness (QED) is 0.916. The van der Waals surface area contributed by atoms with Crippen LogP contribution in [0.3, 0.4) is 0 Å². The minimum absolute atomic E-state index is 0.305. The Hall–Kier alpha value is -1.81. The van der Waals surface area contributed by atoms with Crippen LogP contribution >= 0.6 is 0 Å². The summed E-state index contributed by atoms with van der Waals surface area (Å²) in [4.78, 5) is 0. The van der Waals surface area contributed by atoms with Crippen LogP contribution in [0.25, 0.3) is 0 Å². The van der Waals surface area contributed by atoms with E-state index in [1.807, 2.05) is 35.1 Å². The van der Waals surface area contributed by atoms with Crippen LogP contribution in [0.1, 0.15) is 55.7 Å². The molecule has 0 spiro atoms. The summed E-state index contributed by atoms with van der Waals surface area (Å²) in [7, 11) is 0. The van der Waals surface area contributed by atoms with Gasteiger partial charge in [0.05, 0.1) is 11.8 Å². The van der Waals surface area contributed by atoms with Gasteiger partial charge < -0.3 is 9.84 Å². The number of aliphatic hydroxyl groups excluding tert-OH is 1. The standard InChI is InChI=1S/C17H22N2O2/c1-3-12(2)19-9-8-14(18-19)11-21-15-5-6-16-13(10-15)4-7-17(16)20/h5-6,8-10,12,17,20H,3-4,7,11H2,1-2H3/t12?,17-/m0/s1. The number of benzene rings is 1. The molecule has 4 heteroatoms. The summed E-state index contributed by atoms with van der Waals surface area (Å²) in [6.45, 7) is 4.79. The average Bonchev–Trinajstić information content (AvgIpc) is 3.12. The van der Waals surface area contributed by atoms with E-state index in [0.717, 1.165) is 36.3 Å². The van der Waals surface area contributed by atoms with Gasteiger partial charge >= 0.3 is 0 Å². The minimum atomic E-state index is -0.305. The molecule has 2 atom stereocenters. The lowest BCUT2D eigenvalue weighted by Crippen LogP contribution is -2.05. The van der Waals surface area contributed by atoms with Crippen LogP contribution in [0.15, 0.2) is 30.5 Å². The number of ether oxygens (including phenoxy) is 1. The van der Waals surface area contributed by atoms with E-state index in [4.69, 9.17) is 4.74 Å². The molecule has 0 radical (unpaired) electrons. The van der Waals surface area contributed by atoms with E-state index >= 15 is 0 Å². The summed E-state index contributed by atoms with van der Waals surface area (Å²) in [6.07, 6.45) is 4.51. The molecule has 0 fully saturated rings.